The van der Waals surface area contributed by atoms with Gasteiger partial charge in [-0.3, -0.25) is 4.79 Å². The van der Waals surface area contributed by atoms with E-state index in [1.54, 1.807) is 0 Å². The predicted molar refractivity (Wildman–Crippen MR) is 165 cm³/mol. The Morgan fingerprint density at radius 3 is 0.667 bits per heavy atom. The van der Waals surface area contributed by atoms with Crippen LogP contribution < -0.4 is 0 Å². The van der Waals surface area contributed by atoms with Crippen molar-refractivity contribution in [3.8, 4) is 0 Å². The normalized spacial score (nSPS) is 11.4. The largest absolute Gasteiger partial charge is 0.481 e. The highest BCUT2D eigenvalue weighted by Gasteiger charge is 1.98. The standard InChI is InChI=1S/C33H66O2S/c34-33(35)31-29-27-25-23-21-19-17-15-13-11-9-7-5-3-1-2-4-6-8-10-12-14-16-18-20-22-24-26-28-30-32-36/h36H,1-32H2,(H,34,35). The SMILES string of the molecule is O=C(O)CCCCCCCCCCCCCCCCCCCCCCCCCCCCCCCCS. The maximum atomic E-state index is 10.5. The van der Waals surface area contributed by atoms with E-state index in [4.69, 9.17) is 5.11 Å². The van der Waals surface area contributed by atoms with Crippen LogP contribution in [0.1, 0.15) is 199 Å². The molecule has 0 aliphatic heterocycles. The Morgan fingerprint density at radius 2 is 0.500 bits per heavy atom. The zero-order valence-corrected chi connectivity index (χ0v) is 25.3. The maximum absolute atomic E-state index is 10.5. The molecule has 0 spiro atoms. The summed E-state index contributed by atoms with van der Waals surface area (Å²) >= 11 is 4.28. The number of hydrogen-bond acceptors (Lipinski definition) is 2. The second-order valence-electron chi connectivity index (χ2n) is 11.5. The van der Waals surface area contributed by atoms with Crippen LogP contribution in [-0.2, 0) is 4.79 Å². The summed E-state index contributed by atoms with van der Waals surface area (Å²) in [4.78, 5) is 10.5. The first-order valence-electron chi connectivity index (χ1n) is 16.6. The van der Waals surface area contributed by atoms with Crippen molar-refractivity contribution < 1.29 is 9.90 Å². The molecule has 3 heteroatoms. The summed E-state index contributed by atoms with van der Waals surface area (Å²) in [5.41, 5.74) is 0. The van der Waals surface area contributed by atoms with Gasteiger partial charge in [0.25, 0.3) is 0 Å². The summed E-state index contributed by atoms with van der Waals surface area (Å²) in [6.45, 7) is 0. The van der Waals surface area contributed by atoms with E-state index in [1.807, 2.05) is 0 Å². The molecule has 0 heterocycles. The topological polar surface area (TPSA) is 37.3 Å². The third-order valence-electron chi connectivity index (χ3n) is 7.80. The average Bonchev–Trinajstić information content (AvgIpc) is 2.87. The Bertz CT molecular complexity index is 412. The van der Waals surface area contributed by atoms with E-state index in [1.165, 1.54) is 180 Å². The number of carboxylic acid groups (broad SMARTS) is 1. The molecule has 0 aromatic carbocycles. The number of carbonyl (C=O) groups is 1. The van der Waals surface area contributed by atoms with E-state index in [-0.39, 0.29) is 0 Å². The van der Waals surface area contributed by atoms with Gasteiger partial charge in [0.2, 0.25) is 0 Å². The summed E-state index contributed by atoms with van der Waals surface area (Å²) in [6, 6.07) is 0. The second kappa shape index (κ2) is 32.8. The minimum atomic E-state index is -0.649. The van der Waals surface area contributed by atoms with Gasteiger partial charge in [-0.05, 0) is 18.6 Å². The van der Waals surface area contributed by atoms with Crippen LogP contribution in [0.5, 0.6) is 0 Å². The van der Waals surface area contributed by atoms with Gasteiger partial charge < -0.3 is 5.11 Å². The first-order valence-corrected chi connectivity index (χ1v) is 17.2. The van der Waals surface area contributed by atoms with E-state index in [2.05, 4.69) is 12.6 Å². The molecule has 0 unspecified atom stereocenters. The molecule has 0 saturated carbocycles. The third-order valence-corrected chi connectivity index (χ3v) is 8.11. The van der Waals surface area contributed by atoms with E-state index in [9.17, 15) is 4.79 Å². The molecular formula is C33H66O2S. The molecule has 0 aliphatic rings. The summed E-state index contributed by atoms with van der Waals surface area (Å²) in [5.74, 6) is 0.412. The Morgan fingerprint density at radius 1 is 0.333 bits per heavy atom. The molecule has 0 amide bonds. The van der Waals surface area contributed by atoms with Crippen LogP contribution in [0, 0.1) is 0 Å². The highest BCUT2D eigenvalue weighted by atomic mass is 32.1. The van der Waals surface area contributed by atoms with Gasteiger partial charge in [0.05, 0.1) is 0 Å². The lowest BCUT2D eigenvalue weighted by molar-refractivity contribution is -0.137. The monoisotopic (exact) mass is 526 g/mol. The van der Waals surface area contributed by atoms with E-state index in [0.29, 0.717) is 6.42 Å². The van der Waals surface area contributed by atoms with Gasteiger partial charge in [-0.15, -0.1) is 0 Å². The molecule has 0 rings (SSSR count). The van der Waals surface area contributed by atoms with Crippen LogP contribution in [-0.4, -0.2) is 16.8 Å². The third kappa shape index (κ3) is 33.8. The number of hydrogen-bond donors (Lipinski definition) is 2. The van der Waals surface area contributed by atoms with Gasteiger partial charge in [0.15, 0.2) is 0 Å². The van der Waals surface area contributed by atoms with E-state index >= 15 is 0 Å². The van der Waals surface area contributed by atoms with Crippen molar-refractivity contribution in [1.82, 2.24) is 0 Å². The molecular weight excluding hydrogens is 460 g/mol. The fourth-order valence-electron chi connectivity index (χ4n) is 5.34. The highest BCUT2D eigenvalue weighted by molar-refractivity contribution is 7.80. The van der Waals surface area contributed by atoms with Gasteiger partial charge in [0.1, 0.15) is 0 Å². The Balaban J connectivity index is 3.02. The van der Waals surface area contributed by atoms with Crippen LogP contribution in [0.15, 0.2) is 0 Å². The van der Waals surface area contributed by atoms with Gasteiger partial charge in [-0.2, -0.15) is 12.6 Å². The van der Waals surface area contributed by atoms with Gasteiger partial charge in [-0.25, -0.2) is 0 Å². The van der Waals surface area contributed by atoms with Crippen molar-refractivity contribution in [2.45, 2.75) is 199 Å². The molecule has 0 aliphatic carbocycles. The number of carboxylic acids is 1. The number of rotatable bonds is 32. The molecule has 0 aromatic rings. The van der Waals surface area contributed by atoms with Crippen LogP contribution >= 0.6 is 12.6 Å². The number of thiol groups is 1. The lowest BCUT2D eigenvalue weighted by atomic mass is 10.0. The molecule has 0 radical (unpaired) electrons. The summed E-state index contributed by atoms with van der Waals surface area (Å²) in [5, 5.41) is 8.62. The van der Waals surface area contributed by atoms with Crippen molar-refractivity contribution >= 4 is 18.6 Å². The van der Waals surface area contributed by atoms with E-state index in [0.717, 1.165) is 18.6 Å². The molecule has 2 nitrogen and oxygen atoms in total. The first-order chi connectivity index (χ1) is 17.8. The Hall–Kier alpha value is -0.180. The lowest BCUT2D eigenvalue weighted by Crippen LogP contribution is -1.93. The lowest BCUT2D eigenvalue weighted by Gasteiger charge is -2.04. The zero-order valence-electron chi connectivity index (χ0n) is 24.4. The Labute approximate surface area is 233 Å². The highest BCUT2D eigenvalue weighted by Crippen LogP contribution is 2.16. The summed E-state index contributed by atoms with van der Waals surface area (Å²) in [7, 11) is 0. The number of aliphatic carboxylic acids is 1. The molecule has 36 heavy (non-hydrogen) atoms. The molecule has 0 fully saturated rings. The fourth-order valence-corrected chi connectivity index (χ4v) is 5.56. The second-order valence-corrected chi connectivity index (χ2v) is 11.9. The van der Waals surface area contributed by atoms with Crippen LogP contribution in [0.3, 0.4) is 0 Å². The van der Waals surface area contributed by atoms with E-state index < -0.39 is 5.97 Å². The van der Waals surface area contributed by atoms with Gasteiger partial charge in [0, 0.05) is 6.42 Å². The molecule has 0 atom stereocenters. The Kier molecular flexibility index (Phi) is 32.7. The minimum absolute atomic E-state index is 0.346. The van der Waals surface area contributed by atoms with Crippen molar-refractivity contribution in [3.63, 3.8) is 0 Å². The van der Waals surface area contributed by atoms with Crippen molar-refractivity contribution in [1.29, 1.82) is 0 Å². The van der Waals surface area contributed by atoms with Crippen LogP contribution in [0.4, 0.5) is 0 Å². The smallest absolute Gasteiger partial charge is 0.303 e. The molecule has 1 N–H and O–H groups in total. The maximum Gasteiger partial charge on any atom is 0.303 e. The quantitative estimate of drug-likeness (QED) is 0.0675. The predicted octanol–water partition coefficient (Wildman–Crippen LogP) is 12.1. The molecule has 0 bridgehead atoms. The average molecular weight is 527 g/mol. The van der Waals surface area contributed by atoms with Gasteiger partial charge in [-0.1, -0.05) is 180 Å². The molecule has 0 aromatic heterocycles. The van der Waals surface area contributed by atoms with Crippen LogP contribution in [0.25, 0.3) is 0 Å². The van der Waals surface area contributed by atoms with Crippen molar-refractivity contribution in [3.05, 3.63) is 0 Å². The summed E-state index contributed by atoms with van der Waals surface area (Å²) < 4.78 is 0. The molecule has 216 valence electrons. The number of unbranched alkanes of at least 4 members (excludes halogenated alkanes) is 29. The minimum Gasteiger partial charge on any atom is -0.481 e. The van der Waals surface area contributed by atoms with Gasteiger partial charge >= 0.3 is 5.97 Å². The van der Waals surface area contributed by atoms with Crippen LogP contribution in [0.2, 0.25) is 0 Å². The summed E-state index contributed by atoms with van der Waals surface area (Å²) in [6.07, 6.45) is 42.1. The molecule has 0 saturated heterocycles. The van der Waals surface area contributed by atoms with Crippen molar-refractivity contribution in [2.75, 3.05) is 5.75 Å². The zero-order chi connectivity index (χ0) is 26.2. The first kappa shape index (κ1) is 35.8. The van der Waals surface area contributed by atoms with Crippen molar-refractivity contribution in [2.24, 2.45) is 0 Å². The fraction of sp³-hybridized carbons (Fsp3) is 0.970.